The van der Waals surface area contributed by atoms with Gasteiger partial charge in [-0.2, -0.15) is 0 Å². The molecule has 0 aromatic heterocycles. The summed E-state index contributed by atoms with van der Waals surface area (Å²) in [7, 11) is 0. The van der Waals surface area contributed by atoms with Crippen molar-refractivity contribution in [1.29, 1.82) is 0 Å². The molecule has 0 aliphatic heterocycles. The zero-order valence-electron chi connectivity index (χ0n) is 6.96. The summed E-state index contributed by atoms with van der Waals surface area (Å²) < 4.78 is 1.10. The fourth-order valence-corrected chi connectivity index (χ4v) is 2.08. The van der Waals surface area contributed by atoms with E-state index in [0.29, 0.717) is 0 Å². The summed E-state index contributed by atoms with van der Waals surface area (Å²) in [6, 6.07) is 7.76. The van der Waals surface area contributed by atoms with Crippen molar-refractivity contribution < 1.29 is 9.90 Å². The molecule has 0 amide bonds. The Kier molecular flexibility index (Phi) is 2.06. The number of hydrogen-bond donors (Lipinski definition) is 1. The van der Waals surface area contributed by atoms with Crippen LogP contribution in [0.5, 0.6) is 0 Å². The minimum absolute atomic E-state index is 0.554. The highest BCUT2D eigenvalue weighted by Crippen LogP contribution is 2.48. The first-order valence-electron chi connectivity index (χ1n) is 4.15. The lowest BCUT2D eigenvalue weighted by Gasteiger charge is -2.09. The largest absolute Gasteiger partial charge is 0.481 e. The second-order valence-electron chi connectivity index (χ2n) is 3.40. The van der Waals surface area contributed by atoms with E-state index >= 15 is 0 Å². The number of aliphatic carboxylic acids is 1. The van der Waals surface area contributed by atoms with Crippen LogP contribution in [0, 0.1) is 3.57 Å². The SMILES string of the molecule is O=C(O)C1(c2cccc(I)c2)CC1. The van der Waals surface area contributed by atoms with Gasteiger partial charge in [-0.3, -0.25) is 4.79 Å². The molecular weight excluding hydrogens is 279 g/mol. The molecule has 2 nitrogen and oxygen atoms in total. The first kappa shape index (κ1) is 8.99. The number of carbonyl (C=O) groups is 1. The van der Waals surface area contributed by atoms with Crippen molar-refractivity contribution in [1.82, 2.24) is 0 Å². The molecule has 2 rings (SSSR count). The van der Waals surface area contributed by atoms with Crippen LogP contribution in [-0.2, 0) is 10.2 Å². The van der Waals surface area contributed by atoms with Crippen LogP contribution in [0.15, 0.2) is 24.3 Å². The summed E-state index contributed by atoms with van der Waals surface area (Å²) in [6.07, 6.45) is 1.56. The maximum atomic E-state index is 11.0. The summed E-state index contributed by atoms with van der Waals surface area (Å²) in [6.45, 7) is 0. The summed E-state index contributed by atoms with van der Waals surface area (Å²) in [4.78, 5) is 11.0. The van der Waals surface area contributed by atoms with E-state index in [1.54, 1.807) is 0 Å². The van der Waals surface area contributed by atoms with Gasteiger partial charge in [-0.15, -0.1) is 0 Å². The summed E-state index contributed by atoms with van der Waals surface area (Å²) in [5, 5.41) is 9.05. The monoisotopic (exact) mass is 288 g/mol. The van der Waals surface area contributed by atoms with Crippen molar-refractivity contribution in [2.24, 2.45) is 0 Å². The van der Waals surface area contributed by atoms with Gasteiger partial charge in [-0.1, -0.05) is 12.1 Å². The van der Waals surface area contributed by atoms with Crippen LogP contribution in [0.1, 0.15) is 18.4 Å². The molecule has 3 heteroatoms. The Morgan fingerprint density at radius 2 is 2.15 bits per heavy atom. The molecule has 1 aromatic carbocycles. The van der Waals surface area contributed by atoms with Gasteiger partial charge in [0.05, 0.1) is 5.41 Å². The number of carboxylic acid groups (broad SMARTS) is 1. The number of hydrogen-bond acceptors (Lipinski definition) is 1. The maximum absolute atomic E-state index is 11.0. The van der Waals surface area contributed by atoms with Crippen molar-refractivity contribution in [3.05, 3.63) is 33.4 Å². The van der Waals surface area contributed by atoms with Crippen molar-refractivity contribution >= 4 is 28.6 Å². The molecule has 0 radical (unpaired) electrons. The van der Waals surface area contributed by atoms with Gasteiger partial charge in [0, 0.05) is 3.57 Å². The van der Waals surface area contributed by atoms with Crippen LogP contribution in [0.2, 0.25) is 0 Å². The normalized spacial score (nSPS) is 18.2. The van der Waals surface area contributed by atoms with Crippen LogP contribution in [0.25, 0.3) is 0 Å². The Labute approximate surface area is 90.1 Å². The highest BCUT2D eigenvalue weighted by atomic mass is 127. The van der Waals surface area contributed by atoms with Crippen LogP contribution >= 0.6 is 22.6 Å². The highest BCUT2D eigenvalue weighted by Gasteiger charge is 2.51. The van der Waals surface area contributed by atoms with Gasteiger partial charge in [-0.05, 0) is 53.1 Å². The molecule has 1 fully saturated rings. The topological polar surface area (TPSA) is 37.3 Å². The molecule has 1 aromatic rings. The van der Waals surface area contributed by atoms with Crippen LogP contribution in [0.4, 0.5) is 0 Å². The molecule has 0 heterocycles. The Bertz CT molecular complexity index is 356. The number of carboxylic acids is 1. The molecule has 1 saturated carbocycles. The molecule has 13 heavy (non-hydrogen) atoms. The third-order valence-electron chi connectivity index (χ3n) is 2.54. The van der Waals surface area contributed by atoms with Crippen LogP contribution in [0.3, 0.4) is 0 Å². The molecular formula is C10H9IO2. The zero-order chi connectivity index (χ0) is 9.47. The summed E-state index contributed by atoms with van der Waals surface area (Å²) >= 11 is 2.20. The van der Waals surface area contributed by atoms with Crippen LogP contribution in [-0.4, -0.2) is 11.1 Å². The number of halogens is 1. The van der Waals surface area contributed by atoms with Gasteiger partial charge in [0.15, 0.2) is 0 Å². The molecule has 1 aliphatic carbocycles. The molecule has 0 atom stereocenters. The summed E-state index contributed by atoms with van der Waals surface area (Å²) in [5.41, 5.74) is 0.396. The average molecular weight is 288 g/mol. The van der Waals surface area contributed by atoms with Crippen molar-refractivity contribution in [2.45, 2.75) is 18.3 Å². The van der Waals surface area contributed by atoms with E-state index in [1.807, 2.05) is 24.3 Å². The molecule has 1 aliphatic rings. The van der Waals surface area contributed by atoms with Gasteiger partial charge < -0.3 is 5.11 Å². The standard InChI is InChI=1S/C10H9IO2/c11-8-3-1-2-7(6-8)10(4-5-10)9(12)13/h1-3,6H,4-5H2,(H,12,13). The molecule has 0 spiro atoms. The van der Waals surface area contributed by atoms with Gasteiger partial charge in [-0.25, -0.2) is 0 Å². The predicted octanol–water partition coefficient (Wildman–Crippen LogP) is 2.41. The van der Waals surface area contributed by atoms with Gasteiger partial charge in [0.2, 0.25) is 0 Å². The Morgan fingerprint density at radius 3 is 2.62 bits per heavy atom. The number of rotatable bonds is 2. The van der Waals surface area contributed by atoms with Crippen molar-refractivity contribution in [3.63, 3.8) is 0 Å². The zero-order valence-corrected chi connectivity index (χ0v) is 9.11. The number of benzene rings is 1. The molecule has 0 saturated heterocycles. The maximum Gasteiger partial charge on any atom is 0.314 e. The minimum Gasteiger partial charge on any atom is -0.481 e. The summed E-state index contributed by atoms with van der Waals surface area (Å²) in [5.74, 6) is -0.686. The first-order chi connectivity index (χ1) is 6.15. The average Bonchev–Trinajstić information content (AvgIpc) is 2.83. The van der Waals surface area contributed by atoms with E-state index in [9.17, 15) is 4.79 Å². The van der Waals surface area contributed by atoms with E-state index < -0.39 is 11.4 Å². The fraction of sp³-hybridized carbons (Fsp3) is 0.300. The quantitative estimate of drug-likeness (QED) is 0.848. The van der Waals surface area contributed by atoms with Gasteiger partial charge in [0.1, 0.15) is 0 Å². The Hall–Kier alpha value is -0.580. The van der Waals surface area contributed by atoms with E-state index in [-0.39, 0.29) is 0 Å². The third kappa shape index (κ3) is 1.45. The smallest absolute Gasteiger partial charge is 0.314 e. The van der Waals surface area contributed by atoms with E-state index in [1.165, 1.54) is 0 Å². The minimum atomic E-state index is -0.686. The molecule has 0 bridgehead atoms. The van der Waals surface area contributed by atoms with Crippen molar-refractivity contribution in [3.8, 4) is 0 Å². The Morgan fingerprint density at radius 1 is 1.46 bits per heavy atom. The van der Waals surface area contributed by atoms with Crippen molar-refractivity contribution in [2.75, 3.05) is 0 Å². The van der Waals surface area contributed by atoms with E-state index in [2.05, 4.69) is 22.6 Å². The fourth-order valence-electron chi connectivity index (χ4n) is 1.54. The highest BCUT2D eigenvalue weighted by molar-refractivity contribution is 14.1. The molecule has 1 N–H and O–H groups in total. The van der Waals surface area contributed by atoms with Crippen LogP contribution < -0.4 is 0 Å². The Balaban J connectivity index is 2.41. The lowest BCUT2D eigenvalue weighted by atomic mass is 9.96. The van der Waals surface area contributed by atoms with E-state index in [0.717, 1.165) is 22.0 Å². The molecule has 68 valence electrons. The molecule has 0 unspecified atom stereocenters. The van der Waals surface area contributed by atoms with E-state index in [4.69, 9.17) is 5.11 Å². The lowest BCUT2D eigenvalue weighted by Crippen LogP contribution is -2.19. The second-order valence-corrected chi connectivity index (χ2v) is 4.64. The second kappa shape index (κ2) is 2.97. The lowest BCUT2D eigenvalue weighted by molar-refractivity contribution is -0.140. The third-order valence-corrected chi connectivity index (χ3v) is 3.21. The van der Waals surface area contributed by atoms with Gasteiger partial charge >= 0.3 is 5.97 Å². The van der Waals surface area contributed by atoms with Gasteiger partial charge in [0.25, 0.3) is 0 Å². The first-order valence-corrected chi connectivity index (χ1v) is 5.22. The predicted molar refractivity (Wildman–Crippen MR) is 57.7 cm³/mol.